The first-order valence-electron chi connectivity index (χ1n) is 4.98. The molecule has 0 bridgehead atoms. The van der Waals surface area contributed by atoms with Crippen molar-refractivity contribution in [1.29, 1.82) is 0 Å². The van der Waals surface area contributed by atoms with E-state index in [4.69, 9.17) is 6.42 Å². The lowest BCUT2D eigenvalue weighted by molar-refractivity contribution is -0.120. The summed E-state index contributed by atoms with van der Waals surface area (Å²) in [6, 6.07) is 8.19. The Morgan fingerprint density at radius 3 is 2.67 bits per heavy atom. The minimum Gasteiger partial charge on any atom is -0.345 e. The number of terminal acetylenes is 1. The lowest BCUT2D eigenvalue weighted by Gasteiger charge is -2.02. The van der Waals surface area contributed by atoms with E-state index < -0.39 is 0 Å². The van der Waals surface area contributed by atoms with Gasteiger partial charge in [0.15, 0.2) is 0 Å². The molecule has 0 aliphatic rings. The first kappa shape index (κ1) is 11.3. The zero-order valence-corrected chi connectivity index (χ0v) is 8.92. The van der Waals surface area contributed by atoms with Crippen molar-refractivity contribution in [1.82, 2.24) is 5.32 Å². The Morgan fingerprint density at radius 1 is 1.40 bits per heavy atom. The van der Waals surface area contributed by atoms with Gasteiger partial charge < -0.3 is 5.32 Å². The number of hydrogen-bond donors (Lipinski definition) is 1. The zero-order valence-electron chi connectivity index (χ0n) is 8.92. The Kier molecular flexibility index (Phi) is 4.43. The van der Waals surface area contributed by atoms with Gasteiger partial charge in [0, 0.05) is 6.42 Å². The third kappa shape index (κ3) is 4.33. The molecule has 1 aromatic rings. The van der Waals surface area contributed by atoms with Gasteiger partial charge in [-0.15, -0.1) is 6.42 Å². The van der Waals surface area contributed by atoms with Crippen LogP contribution in [0.15, 0.2) is 24.3 Å². The molecule has 1 aromatic carbocycles. The fourth-order valence-corrected chi connectivity index (χ4v) is 1.25. The number of carbonyl (C=O) groups is 1. The van der Waals surface area contributed by atoms with Gasteiger partial charge in [0.05, 0.1) is 6.54 Å². The Bertz CT molecular complexity index is 359. The predicted molar refractivity (Wildman–Crippen MR) is 61.3 cm³/mol. The summed E-state index contributed by atoms with van der Waals surface area (Å²) in [6.07, 6.45) is 6.29. The quantitative estimate of drug-likeness (QED) is 0.738. The second-order valence-electron chi connectivity index (χ2n) is 3.47. The molecule has 0 aromatic heterocycles. The van der Waals surface area contributed by atoms with Gasteiger partial charge in [-0.25, -0.2) is 0 Å². The smallest absolute Gasteiger partial charge is 0.221 e. The van der Waals surface area contributed by atoms with E-state index in [1.807, 2.05) is 19.1 Å². The molecule has 0 aliphatic heterocycles. The van der Waals surface area contributed by atoms with Crippen molar-refractivity contribution in [3.63, 3.8) is 0 Å². The van der Waals surface area contributed by atoms with Gasteiger partial charge >= 0.3 is 0 Å². The van der Waals surface area contributed by atoms with Crippen molar-refractivity contribution in [3.8, 4) is 12.3 Å². The molecule has 2 heteroatoms. The SMILES string of the molecule is C#CCNC(=O)CCc1ccc(C)cc1. The third-order valence-electron chi connectivity index (χ3n) is 2.15. The van der Waals surface area contributed by atoms with Crippen molar-refractivity contribution in [2.75, 3.05) is 6.54 Å². The average Bonchev–Trinajstić information content (AvgIpc) is 2.25. The van der Waals surface area contributed by atoms with Crippen LogP contribution in [0.4, 0.5) is 0 Å². The molecular formula is C13H15NO. The highest BCUT2D eigenvalue weighted by Gasteiger charge is 2.00. The standard InChI is InChI=1S/C13H15NO/c1-3-10-14-13(15)9-8-12-6-4-11(2)5-7-12/h1,4-7H,8-10H2,2H3,(H,14,15). The molecule has 15 heavy (non-hydrogen) atoms. The molecule has 0 saturated heterocycles. The minimum absolute atomic E-state index is 0.00789. The highest BCUT2D eigenvalue weighted by molar-refractivity contribution is 5.76. The molecule has 0 spiro atoms. The van der Waals surface area contributed by atoms with Crippen molar-refractivity contribution < 1.29 is 4.79 Å². The van der Waals surface area contributed by atoms with Gasteiger partial charge in [-0.2, -0.15) is 0 Å². The van der Waals surface area contributed by atoms with Crippen LogP contribution in [0, 0.1) is 19.3 Å². The summed E-state index contributed by atoms with van der Waals surface area (Å²) in [5, 5.41) is 2.64. The fourth-order valence-electron chi connectivity index (χ4n) is 1.25. The Balaban J connectivity index is 2.34. The summed E-state index contributed by atoms with van der Waals surface area (Å²) in [5.41, 5.74) is 2.41. The lowest BCUT2D eigenvalue weighted by atomic mass is 10.1. The van der Waals surface area contributed by atoms with Gasteiger partial charge in [-0.3, -0.25) is 4.79 Å². The largest absolute Gasteiger partial charge is 0.345 e. The Morgan fingerprint density at radius 2 is 2.07 bits per heavy atom. The summed E-state index contributed by atoms with van der Waals surface area (Å²) in [5.74, 6) is 2.38. The topological polar surface area (TPSA) is 29.1 Å². The van der Waals surface area contributed by atoms with Crippen LogP contribution >= 0.6 is 0 Å². The van der Waals surface area contributed by atoms with Crippen LogP contribution in [0.2, 0.25) is 0 Å². The highest BCUT2D eigenvalue weighted by Crippen LogP contribution is 2.05. The molecule has 0 aliphatic carbocycles. The van der Waals surface area contributed by atoms with Crippen molar-refractivity contribution in [3.05, 3.63) is 35.4 Å². The lowest BCUT2D eigenvalue weighted by Crippen LogP contribution is -2.23. The van der Waals surface area contributed by atoms with E-state index in [1.165, 1.54) is 11.1 Å². The van der Waals surface area contributed by atoms with E-state index in [0.717, 1.165) is 6.42 Å². The maximum Gasteiger partial charge on any atom is 0.221 e. The molecule has 1 rings (SSSR count). The molecule has 0 fully saturated rings. The number of nitrogens with one attached hydrogen (secondary N) is 1. The van der Waals surface area contributed by atoms with Crippen LogP contribution < -0.4 is 5.32 Å². The van der Waals surface area contributed by atoms with Gasteiger partial charge in [0.25, 0.3) is 0 Å². The predicted octanol–water partition coefficient (Wildman–Crippen LogP) is 1.68. The third-order valence-corrected chi connectivity index (χ3v) is 2.15. The van der Waals surface area contributed by atoms with Gasteiger partial charge in [0.2, 0.25) is 5.91 Å². The number of hydrogen-bond acceptors (Lipinski definition) is 1. The highest BCUT2D eigenvalue weighted by atomic mass is 16.1. The van der Waals surface area contributed by atoms with E-state index >= 15 is 0 Å². The fraction of sp³-hybridized carbons (Fsp3) is 0.308. The molecule has 0 saturated carbocycles. The van der Waals surface area contributed by atoms with Crippen molar-refractivity contribution >= 4 is 5.91 Å². The van der Waals surface area contributed by atoms with Crippen LogP contribution in [-0.4, -0.2) is 12.5 Å². The molecule has 0 unspecified atom stereocenters. The van der Waals surface area contributed by atoms with Crippen molar-refractivity contribution in [2.24, 2.45) is 0 Å². The molecule has 0 heterocycles. The van der Waals surface area contributed by atoms with Gasteiger partial charge in [-0.05, 0) is 18.9 Å². The Labute approximate surface area is 90.7 Å². The monoisotopic (exact) mass is 201 g/mol. The van der Waals surface area contributed by atoms with Crippen molar-refractivity contribution in [2.45, 2.75) is 19.8 Å². The molecule has 1 N–H and O–H groups in total. The average molecular weight is 201 g/mol. The number of carbonyl (C=O) groups excluding carboxylic acids is 1. The van der Waals surface area contributed by atoms with Crippen LogP contribution in [0.5, 0.6) is 0 Å². The minimum atomic E-state index is 0.00789. The summed E-state index contributed by atoms with van der Waals surface area (Å²) < 4.78 is 0. The second kappa shape index (κ2) is 5.87. The van der Waals surface area contributed by atoms with E-state index in [2.05, 4.69) is 23.4 Å². The summed E-state index contributed by atoms with van der Waals surface area (Å²) >= 11 is 0. The maximum absolute atomic E-state index is 11.2. The first-order chi connectivity index (χ1) is 7.22. The molecule has 2 nitrogen and oxygen atoms in total. The number of rotatable bonds is 4. The molecule has 0 radical (unpaired) electrons. The second-order valence-corrected chi connectivity index (χ2v) is 3.47. The molecular weight excluding hydrogens is 186 g/mol. The summed E-state index contributed by atoms with van der Waals surface area (Å²) in [6.45, 7) is 2.36. The zero-order chi connectivity index (χ0) is 11.1. The molecule has 1 amide bonds. The number of aryl methyl sites for hydroxylation is 2. The summed E-state index contributed by atoms with van der Waals surface area (Å²) in [4.78, 5) is 11.2. The van der Waals surface area contributed by atoms with Gasteiger partial charge in [-0.1, -0.05) is 35.7 Å². The number of benzene rings is 1. The van der Waals surface area contributed by atoms with Crippen LogP contribution in [0.1, 0.15) is 17.5 Å². The maximum atomic E-state index is 11.2. The van der Waals surface area contributed by atoms with Crippen LogP contribution in [-0.2, 0) is 11.2 Å². The Hall–Kier alpha value is -1.75. The van der Waals surface area contributed by atoms with E-state index in [0.29, 0.717) is 13.0 Å². The van der Waals surface area contributed by atoms with E-state index in [-0.39, 0.29) is 5.91 Å². The van der Waals surface area contributed by atoms with Gasteiger partial charge in [0.1, 0.15) is 0 Å². The van der Waals surface area contributed by atoms with E-state index in [1.54, 1.807) is 0 Å². The van der Waals surface area contributed by atoms with Crippen LogP contribution in [0.25, 0.3) is 0 Å². The van der Waals surface area contributed by atoms with E-state index in [9.17, 15) is 4.79 Å². The normalized spacial score (nSPS) is 9.33. The number of amides is 1. The molecule has 0 atom stereocenters. The van der Waals surface area contributed by atoms with Crippen LogP contribution in [0.3, 0.4) is 0 Å². The first-order valence-corrected chi connectivity index (χ1v) is 4.98. The molecule has 78 valence electrons. The summed E-state index contributed by atoms with van der Waals surface area (Å²) in [7, 11) is 0.